The van der Waals surface area contributed by atoms with Crippen molar-refractivity contribution in [3.05, 3.63) is 46.8 Å². The lowest BCUT2D eigenvalue weighted by Crippen LogP contribution is -2.13. The third-order valence-electron chi connectivity index (χ3n) is 2.18. The monoisotopic (exact) mass is 289 g/mol. The first-order valence-corrected chi connectivity index (χ1v) is 7.23. The van der Waals surface area contributed by atoms with Gasteiger partial charge < -0.3 is 0 Å². The van der Waals surface area contributed by atoms with E-state index in [2.05, 4.69) is 0 Å². The van der Waals surface area contributed by atoms with Gasteiger partial charge in [-0.3, -0.25) is 4.72 Å². The maximum Gasteiger partial charge on any atom is 0.271 e. The van der Waals surface area contributed by atoms with Crippen molar-refractivity contribution in [2.24, 2.45) is 0 Å². The number of benzene rings is 1. The molecule has 0 aliphatic heterocycles. The summed E-state index contributed by atoms with van der Waals surface area (Å²) in [6.45, 7) is 1.74. The van der Waals surface area contributed by atoms with Gasteiger partial charge in [0.25, 0.3) is 10.0 Å². The molecule has 0 radical (unpaired) electrons. The molecule has 0 aliphatic carbocycles. The van der Waals surface area contributed by atoms with Crippen molar-refractivity contribution in [3.8, 4) is 0 Å². The molecule has 1 N–H and O–H groups in total. The summed E-state index contributed by atoms with van der Waals surface area (Å²) in [7, 11) is -3.95. The maximum atomic E-state index is 13.3. The van der Waals surface area contributed by atoms with E-state index in [0.717, 1.165) is 34.4 Å². The third kappa shape index (κ3) is 2.51. The molecule has 96 valence electrons. The van der Waals surface area contributed by atoms with Gasteiger partial charge in [0.2, 0.25) is 0 Å². The number of thiophene rings is 1. The Morgan fingerprint density at radius 1 is 1.11 bits per heavy atom. The minimum absolute atomic E-state index is 0.0163. The van der Waals surface area contributed by atoms with Gasteiger partial charge in [0, 0.05) is 4.88 Å². The number of sulfonamides is 1. The summed E-state index contributed by atoms with van der Waals surface area (Å²) in [5.41, 5.74) is -0.663. The van der Waals surface area contributed by atoms with Crippen LogP contribution in [0.5, 0.6) is 0 Å². The molecule has 3 nitrogen and oxygen atoms in total. The molecule has 0 atom stereocenters. The SMILES string of the molecule is Cc1ccc(S(=O)(=O)Nc2c(F)cccc2F)s1. The van der Waals surface area contributed by atoms with Crippen molar-refractivity contribution in [2.45, 2.75) is 11.1 Å². The molecule has 2 aromatic rings. The summed E-state index contributed by atoms with van der Waals surface area (Å²) in [6.07, 6.45) is 0. The van der Waals surface area contributed by atoms with Crippen molar-refractivity contribution in [2.75, 3.05) is 4.72 Å². The summed E-state index contributed by atoms with van der Waals surface area (Å²) >= 11 is 1.03. The lowest BCUT2D eigenvalue weighted by molar-refractivity contribution is 0.583. The number of aryl methyl sites for hydroxylation is 1. The van der Waals surface area contributed by atoms with Gasteiger partial charge >= 0.3 is 0 Å². The minimum atomic E-state index is -3.95. The van der Waals surface area contributed by atoms with Crippen LogP contribution in [-0.2, 0) is 10.0 Å². The second-order valence-corrected chi connectivity index (χ2v) is 6.76. The number of rotatable bonds is 3. The third-order valence-corrected chi connectivity index (χ3v) is 5.02. The average Bonchev–Trinajstić information content (AvgIpc) is 2.71. The van der Waals surface area contributed by atoms with Crippen LogP contribution in [0, 0.1) is 18.6 Å². The first kappa shape index (κ1) is 13.0. The van der Waals surface area contributed by atoms with Crippen LogP contribution in [0.15, 0.2) is 34.5 Å². The van der Waals surface area contributed by atoms with Gasteiger partial charge in [0.15, 0.2) is 0 Å². The highest BCUT2D eigenvalue weighted by Gasteiger charge is 2.20. The van der Waals surface area contributed by atoms with Crippen LogP contribution in [-0.4, -0.2) is 8.42 Å². The first-order chi connectivity index (χ1) is 8.40. The molecule has 0 aliphatic rings. The lowest BCUT2D eigenvalue weighted by Gasteiger charge is -2.07. The Morgan fingerprint density at radius 2 is 1.72 bits per heavy atom. The molecule has 0 amide bonds. The summed E-state index contributed by atoms with van der Waals surface area (Å²) in [4.78, 5) is 0.796. The van der Waals surface area contributed by atoms with Crippen LogP contribution in [0.4, 0.5) is 14.5 Å². The molecule has 1 aromatic carbocycles. The van der Waals surface area contributed by atoms with Crippen LogP contribution < -0.4 is 4.72 Å². The molecule has 0 saturated carbocycles. The normalized spacial score (nSPS) is 11.5. The smallest absolute Gasteiger partial charge is 0.271 e. The van der Waals surface area contributed by atoms with E-state index in [4.69, 9.17) is 0 Å². The van der Waals surface area contributed by atoms with Gasteiger partial charge in [-0.2, -0.15) is 0 Å². The summed E-state index contributed by atoms with van der Waals surface area (Å²) in [5.74, 6) is -1.90. The molecule has 0 unspecified atom stereocenters. The van der Waals surface area contributed by atoms with E-state index in [-0.39, 0.29) is 4.21 Å². The number of para-hydroxylation sites is 1. The topological polar surface area (TPSA) is 46.2 Å². The van der Waals surface area contributed by atoms with Crippen LogP contribution in [0.1, 0.15) is 4.88 Å². The van der Waals surface area contributed by atoms with E-state index in [1.807, 2.05) is 4.72 Å². The molecule has 0 saturated heterocycles. The molecule has 0 fully saturated rings. The van der Waals surface area contributed by atoms with Gasteiger partial charge in [-0.15, -0.1) is 11.3 Å². The van der Waals surface area contributed by atoms with Gasteiger partial charge in [-0.05, 0) is 31.2 Å². The van der Waals surface area contributed by atoms with E-state index in [0.29, 0.717) is 0 Å². The van der Waals surface area contributed by atoms with Crippen molar-refractivity contribution in [1.29, 1.82) is 0 Å². The summed E-state index contributed by atoms with van der Waals surface area (Å²) in [6, 6.07) is 6.15. The van der Waals surface area contributed by atoms with E-state index in [1.54, 1.807) is 13.0 Å². The zero-order valence-corrected chi connectivity index (χ0v) is 10.9. The number of hydrogen-bond acceptors (Lipinski definition) is 3. The zero-order chi connectivity index (χ0) is 13.3. The first-order valence-electron chi connectivity index (χ1n) is 4.93. The summed E-state index contributed by atoms with van der Waals surface area (Å²) < 4.78 is 52.4. The fourth-order valence-corrected chi connectivity index (χ4v) is 3.70. The van der Waals surface area contributed by atoms with Crippen molar-refractivity contribution < 1.29 is 17.2 Å². The number of hydrogen-bond donors (Lipinski definition) is 1. The van der Waals surface area contributed by atoms with Crippen molar-refractivity contribution in [1.82, 2.24) is 0 Å². The maximum absolute atomic E-state index is 13.3. The molecule has 0 bridgehead atoms. The van der Waals surface area contributed by atoms with Gasteiger partial charge in [-0.1, -0.05) is 6.07 Å². The predicted octanol–water partition coefficient (Wildman–Crippen LogP) is 3.14. The highest BCUT2D eigenvalue weighted by Crippen LogP contribution is 2.26. The highest BCUT2D eigenvalue weighted by molar-refractivity contribution is 7.94. The van der Waals surface area contributed by atoms with Crippen LogP contribution in [0.25, 0.3) is 0 Å². The second-order valence-electron chi connectivity index (χ2n) is 3.57. The minimum Gasteiger partial charge on any atom is -0.273 e. The van der Waals surface area contributed by atoms with Crippen LogP contribution in [0.3, 0.4) is 0 Å². The van der Waals surface area contributed by atoms with E-state index in [1.165, 1.54) is 6.07 Å². The van der Waals surface area contributed by atoms with Crippen LogP contribution >= 0.6 is 11.3 Å². The average molecular weight is 289 g/mol. The van der Waals surface area contributed by atoms with E-state index < -0.39 is 27.3 Å². The van der Waals surface area contributed by atoms with Gasteiger partial charge in [-0.25, -0.2) is 17.2 Å². The van der Waals surface area contributed by atoms with Crippen LogP contribution in [0.2, 0.25) is 0 Å². The van der Waals surface area contributed by atoms with E-state index >= 15 is 0 Å². The Bertz CT molecular complexity index is 660. The Hall–Kier alpha value is -1.47. The second kappa shape index (κ2) is 4.66. The number of anilines is 1. The predicted molar refractivity (Wildman–Crippen MR) is 66.2 cm³/mol. The fraction of sp³-hybridized carbons (Fsp3) is 0.0909. The summed E-state index contributed by atoms with van der Waals surface area (Å²) in [5, 5.41) is 0. The Labute approximate surface area is 107 Å². The highest BCUT2D eigenvalue weighted by atomic mass is 32.2. The molecule has 1 aromatic heterocycles. The number of nitrogens with one attached hydrogen (secondary N) is 1. The number of halogens is 2. The quantitative estimate of drug-likeness (QED) is 0.943. The Kier molecular flexibility index (Phi) is 3.36. The Balaban J connectivity index is 2.40. The molecule has 2 rings (SSSR count). The molecular formula is C11H9F2NO2S2. The molecule has 1 heterocycles. The Morgan fingerprint density at radius 3 is 2.22 bits per heavy atom. The standard InChI is InChI=1S/C11H9F2NO2S2/c1-7-5-6-10(17-7)18(15,16)14-11-8(12)3-2-4-9(11)13/h2-6,14H,1H3. The van der Waals surface area contributed by atoms with Gasteiger partial charge in [0.05, 0.1) is 0 Å². The van der Waals surface area contributed by atoms with Gasteiger partial charge in [0.1, 0.15) is 21.5 Å². The fourth-order valence-electron chi connectivity index (χ4n) is 1.34. The van der Waals surface area contributed by atoms with Crippen molar-refractivity contribution in [3.63, 3.8) is 0 Å². The van der Waals surface area contributed by atoms with Crippen molar-refractivity contribution >= 4 is 27.0 Å². The largest absolute Gasteiger partial charge is 0.273 e. The zero-order valence-electron chi connectivity index (χ0n) is 9.28. The molecular weight excluding hydrogens is 280 g/mol. The molecule has 18 heavy (non-hydrogen) atoms. The molecule has 7 heteroatoms. The lowest BCUT2D eigenvalue weighted by atomic mass is 10.3. The molecule has 0 spiro atoms. The van der Waals surface area contributed by atoms with E-state index in [9.17, 15) is 17.2 Å².